The minimum atomic E-state index is 0.192. The predicted octanol–water partition coefficient (Wildman–Crippen LogP) is 1.46. The van der Waals surface area contributed by atoms with Crippen LogP contribution in [0.4, 0.5) is 0 Å². The number of amidine groups is 1. The van der Waals surface area contributed by atoms with Gasteiger partial charge in [0.2, 0.25) is 0 Å². The zero-order valence-corrected chi connectivity index (χ0v) is 7.12. The minimum Gasteiger partial charge on any atom is -0.355 e. The lowest BCUT2D eigenvalue weighted by Gasteiger charge is -2.20. The molecule has 0 radical (unpaired) electrons. The predicted molar refractivity (Wildman–Crippen MR) is 48.8 cm³/mol. The summed E-state index contributed by atoms with van der Waals surface area (Å²) in [6.07, 6.45) is 3.77. The van der Waals surface area contributed by atoms with Gasteiger partial charge in [0.25, 0.3) is 0 Å². The molecule has 2 heteroatoms. The second-order valence-electron chi connectivity index (χ2n) is 2.74. The fourth-order valence-electron chi connectivity index (χ4n) is 1.32. The van der Waals surface area contributed by atoms with E-state index >= 15 is 0 Å². The van der Waals surface area contributed by atoms with E-state index in [2.05, 4.69) is 23.1 Å². The van der Waals surface area contributed by atoms with E-state index < -0.39 is 0 Å². The van der Waals surface area contributed by atoms with Crippen LogP contribution in [-0.2, 0) is 0 Å². The Morgan fingerprint density at radius 2 is 2.09 bits per heavy atom. The van der Waals surface area contributed by atoms with Crippen molar-refractivity contribution in [2.24, 2.45) is 4.99 Å². The van der Waals surface area contributed by atoms with E-state index in [1.165, 1.54) is 0 Å². The van der Waals surface area contributed by atoms with Crippen molar-refractivity contribution in [3.8, 4) is 0 Å². The monoisotopic (exact) mass is 150 g/mol. The maximum Gasteiger partial charge on any atom is 0.0969 e. The third-order valence-corrected chi connectivity index (χ3v) is 2.13. The fraction of sp³-hybridized carbons (Fsp3) is 0.444. The second-order valence-corrected chi connectivity index (χ2v) is 2.74. The Kier molecular flexibility index (Phi) is 2.13. The molecule has 1 heterocycles. The molecular formula is C9H14N2. The van der Waals surface area contributed by atoms with E-state index in [9.17, 15) is 0 Å². The maximum atomic E-state index is 4.39. The average Bonchev–Trinajstić information content (AvgIpc) is 2.28. The Balaban J connectivity index is 2.83. The van der Waals surface area contributed by atoms with Gasteiger partial charge >= 0.3 is 0 Å². The standard InChI is InChI=1S/C9H14N2/c1-5-8-9(6-2)11(4)7(3)10-8/h5-6,8-9H,1-2H2,3-4H3. The van der Waals surface area contributed by atoms with Gasteiger partial charge in [0.1, 0.15) is 0 Å². The number of rotatable bonds is 2. The molecule has 0 N–H and O–H groups in total. The topological polar surface area (TPSA) is 15.6 Å². The van der Waals surface area contributed by atoms with Crippen LogP contribution in [-0.4, -0.2) is 29.9 Å². The Morgan fingerprint density at radius 3 is 2.45 bits per heavy atom. The highest BCUT2D eigenvalue weighted by molar-refractivity contribution is 5.82. The Bertz CT molecular complexity index is 206. The molecule has 11 heavy (non-hydrogen) atoms. The number of aliphatic imine (C=N–C) groups is 1. The first-order valence-electron chi connectivity index (χ1n) is 3.73. The molecule has 0 fully saturated rings. The van der Waals surface area contributed by atoms with Crippen molar-refractivity contribution < 1.29 is 0 Å². The molecule has 1 rings (SSSR count). The molecule has 1 aliphatic heterocycles. The van der Waals surface area contributed by atoms with Gasteiger partial charge in [-0.05, 0) is 6.92 Å². The van der Waals surface area contributed by atoms with Gasteiger partial charge in [-0.15, -0.1) is 13.2 Å². The maximum absolute atomic E-state index is 4.39. The SMILES string of the molecule is C=CC1N=C(C)N(C)C1C=C. The van der Waals surface area contributed by atoms with Gasteiger partial charge in [-0.2, -0.15) is 0 Å². The van der Waals surface area contributed by atoms with Crippen molar-refractivity contribution in [1.29, 1.82) is 0 Å². The molecule has 0 aromatic carbocycles. The van der Waals surface area contributed by atoms with Crippen LogP contribution in [0.2, 0.25) is 0 Å². The quantitative estimate of drug-likeness (QED) is 0.544. The average molecular weight is 150 g/mol. The smallest absolute Gasteiger partial charge is 0.0969 e. The Morgan fingerprint density at radius 1 is 1.45 bits per heavy atom. The summed E-state index contributed by atoms with van der Waals surface area (Å²) in [6, 6.07) is 0.491. The summed E-state index contributed by atoms with van der Waals surface area (Å²) in [5.41, 5.74) is 0. The van der Waals surface area contributed by atoms with Crippen molar-refractivity contribution >= 4 is 5.84 Å². The van der Waals surface area contributed by atoms with Gasteiger partial charge < -0.3 is 4.90 Å². The first-order chi connectivity index (χ1) is 5.20. The van der Waals surface area contributed by atoms with Crippen LogP contribution in [0.25, 0.3) is 0 Å². The minimum absolute atomic E-state index is 0.192. The van der Waals surface area contributed by atoms with Crippen LogP contribution >= 0.6 is 0 Å². The first kappa shape index (κ1) is 8.05. The highest BCUT2D eigenvalue weighted by atomic mass is 15.3. The number of hydrogen-bond donors (Lipinski definition) is 0. The highest BCUT2D eigenvalue weighted by Gasteiger charge is 2.26. The molecule has 2 nitrogen and oxygen atoms in total. The second kappa shape index (κ2) is 2.91. The van der Waals surface area contributed by atoms with Gasteiger partial charge in [-0.3, -0.25) is 4.99 Å². The van der Waals surface area contributed by atoms with E-state index in [1.54, 1.807) is 0 Å². The van der Waals surface area contributed by atoms with E-state index in [1.807, 2.05) is 26.1 Å². The number of likely N-dealkylation sites (N-methyl/N-ethyl adjacent to an activating group) is 1. The van der Waals surface area contributed by atoms with E-state index in [0.29, 0.717) is 6.04 Å². The molecule has 0 aromatic rings. The molecule has 0 saturated carbocycles. The van der Waals surface area contributed by atoms with Crippen LogP contribution in [0, 0.1) is 0 Å². The third kappa shape index (κ3) is 1.20. The van der Waals surface area contributed by atoms with Crippen LogP contribution in [0.15, 0.2) is 30.3 Å². The Labute approximate surface area is 67.9 Å². The van der Waals surface area contributed by atoms with Gasteiger partial charge in [0, 0.05) is 7.05 Å². The van der Waals surface area contributed by atoms with Gasteiger partial charge in [0.05, 0.1) is 17.9 Å². The summed E-state index contributed by atoms with van der Waals surface area (Å²) in [4.78, 5) is 6.50. The summed E-state index contributed by atoms with van der Waals surface area (Å²) in [5, 5.41) is 0. The summed E-state index contributed by atoms with van der Waals surface area (Å²) < 4.78 is 0. The summed E-state index contributed by atoms with van der Waals surface area (Å²) in [6.45, 7) is 9.49. The van der Waals surface area contributed by atoms with Crippen LogP contribution in [0.1, 0.15) is 6.92 Å². The first-order valence-corrected chi connectivity index (χ1v) is 3.73. The van der Waals surface area contributed by atoms with E-state index in [0.717, 1.165) is 5.84 Å². The zero-order valence-electron chi connectivity index (χ0n) is 7.12. The number of hydrogen-bond acceptors (Lipinski definition) is 2. The fourth-order valence-corrected chi connectivity index (χ4v) is 1.32. The third-order valence-electron chi connectivity index (χ3n) is 2.13. The van der Waals surface area contributed by atoms with Crippen LogP contribution < -0.4 is 0 Å². The summed E-state index contributed by atoms with van der Waals surface area (Å²) in [7, 11) is 2.02. The lowest BCUT2D eigenvalue weighted by molar-refractivity contribution is 0.439. The molecule has 0 spiro atoms. The van der Waals surface area contributed by atoms with Crippen molar-refractivity contribution in [2.45, 2.75) is 19.0 Å². The molecule has 2 unspecified atom stereocenters. The van der Waals surface area contributed by atoms with Crippen LogP contribution in [0.5, 0.6) is 0 Å². The molecular weight excluding hydrogens is 136 g/mol. The number of nitrogens with zero attached hydrogens (tertiary/aromatic N) is 2. The van der Waals surface area contributed by atoms with Crippen molar-refractivity contribution in [1.82, 2.24) is 4.90 Å². The lowest BCUT2D eigenvalue weighted by Crippen LogP contribution is -2.33. The summed E-state index contributed by atoms with van der Waals surface area (Å²) >= 11 is 0. The lowest BCUT2D eigenvalue weighted by atomic mass is 10.1. The molecule has 1 aliphatic rings. The largest absolute Gasteiger partial charge is 0.355 e. The molecule has 0 bridgehead atoms. The molecule has 60 valence electrons. The normalized spacial score (nSPS) is 30.0. The van der Waals surface area contributed by atoms with Gasteiger partial charge in [-0.1, -0.05) is 12.2 Å². The van der Waals surface area contributed by atoms with Crippen LogP contribution in [0.3, 0.4) is 0 Å². The zero-order chi connectivity index (χ0) is 8.43. The molecule has 0 saturated heterocycles. The van der Waals surface area contributed by atoms with Gasteiger partial charge in [-0.25, -0.2) is 0 Å². The van der Waals surface area contributed by atoms with Crippen molar-refractivity contribution in [3.05, 3.63) is 25.3 Å². The molecule has 0 aromatic heterocycles. The van der Waals surface area contributed by atoms with E-state index in [4.69, 9.17) is 0 Å². The van der Waals surface area contributed by atoms with Crippen molar-refractivity contribution in [3.63, 3.8) is 0 Å². The van der Waals surface area contributed by atoms with Gasteiger partial charge in [0.15, 0.2) is 0 Å². The molecule has 0 amide bonds. The molecule has 0 aliphatic carbocycles. The Hall–Kier alpha value is -1.05. The van der Waals surface area contributed by atoms with E-state index in [-0.39, 0.29) is 6.04 Å². The highest BCUT2D eigenvalue weighted by Crippen LogP contribution is 2.16. The summed E-state index contributed by atoms with van der Waals surface area (Å²) in [5.74, 6) is 1.06. The van der Waals surface area contributed by atoms with Crippen molar-refractivity contribution in [2.75, 3.05) is 7.05 Å². The molecule has 2 atom stereocenters.